The summed E-state index contributed by atoms with van der Waals surface area (Å²) in [7, 11) is -4.36. The second-order valence-corrected chi connectivity index (χ2v) is 17.1. The molecule has 68 heavy (non-hydrogen) atoms. The number of ether oxygens (including phenoxy) is 3. The van der Waals surface area contributed by atoms with E-state index in [2.05, 4.69) is 16.0 Å². The van der Waals surface area contributed by atoms with E-state index in [0.29, 0.717) is 24.0 Å². The average Bonchev–Trinajstić information content (AvgIpc) is 3.37. The highest BCUT2D eigenvalue weighted by atomic mass is 31.2. The van der Waals surface area contributed by atoms with Crippen LogP contribution in [0.4, 0.5) is 9.59 Å². The van der Waals surface area contributed by atoms with Crippen LogP contribution in [0.2, 0.25) is 0 Å². The Labute approximate surface area is 395 Å². The Bertz CT molecular complexity index is 2490. The Morgan fingerprint density at radius 2 is 1.00 bits per heavy atom. The molecule has 354 valence electrons. The van der Waals surface area contributed by atoms with Gasteiger partial charge in [0, 0.05) is 13.0 Å². The van der Waals surface area contributed by atoms with Crippen molar-refractivity contribution < 1.29 is 56.6 Å². The van der Waals surface area contributed by atoms with E-state index in [0.717, 1.165) is 22.3 Å². The lowest BCUT2D eigenvalue weighted by Gasteiger charge is -2.24. The van der Waals surface area contributed by atoms with Crippen LogP contribution in [-0.2, 0) is 72.1 Å². The van der Waals surface area contributed by atoms with Crippen molar-refractivity contribution in [3.63, 3.8) is 0 Å². The predicted octanol–water partition coefficient (Wildman–Crippen LogP) is 9.69. The molecule has 6 aromatic rings. The van der Waals surface area contributed by atoms with Crippen molar-refractivity contribution in [2.75, 3.05) is 6.54 Å². The minimum atomic E-state index is -4.36. The van der Waals surface area contributed by atoms with Crippen LogP contribution >= 0.6 is 7.82 Å². The second-order valence-electron chi connectivity index (χ2n) is 15.5. The Morgan fingerprint density at radius 3 is 1.51 bits per heavy atom. The first kappa shape index (κ1) is 50.0. The molecule has 4 N–H and O–H groups in total. The lowest BCUT2D eigenvalue weighted by atomic mass is 10.0. The van der Waals surface area contributed by atoms with Gasteiger partial charge in [0.25, 0.3) is 0 Å². The van der Waals surface area contributed by atoms with Gasteiger partial charge in [0.2, 0.25) is 5.91 Å². The number of alkyl carbamates (subject to hydrolysis) is 1. The van der Waals surface area contributed by atoms with E-state index in [1.54, 1.807) is 60.7 Å². The first-order chi connectivity index (χ1) is 33.1. The fourth-order valence-corrected chi connectivity index (χ4v) is 7.83. The summed E-state index contributed by atoms with van der Waals surface area (Å²) < 4.78 is 50.0. The van der Waals surface area contributed by atoms with E-state index in [-0.39, 0.29) is 63.9 Å². The summed E-state index contributed by atoms with van der Waals surface area (Å²) in [5.41, 5.74) is 4.23. The standard InChI is InChI=1S/C52H54N3O12P/c56-49(45(28-16-17-31-53-51(58)59)55-52(60)64-36-41-22-10-3-11-23-41)54-46(50(57)63-35-40-20-8-2-9-21-40)32-44-29-30-47(48(33-44)62-34-39-18-6-1-7-19-39)67-68(61,65-37-42-24-12-4-13-25-42)66-38-43-26-14-5-15-27-43/h1-15,18-27,29-30,33,45-46,53H,16-17,28,31-32,34-38H2,(H,54,56)(H,55,60)(H,58,59)/t45-,46-/m0/s1. The number of benzene rings is 6. The van der Waals surface area contributed by atoms with Gasteiger partial charge in [-0.25, -0.2) is 18.9 Å². The monoisotopic (exact) mass is 943 g/mol. The number of carboxylic acid groups (broad SMARTS) is 1. The quantitative estimate of drug-likeness (QED) is 0.0229. The molecule has 6 rings (SSSR count). The van der Waals surface area contributed by atoms with E-state index in [4.69, 9.17) is 32.9 Å². The largest absolute Gasteiger partial charge is 0.530 e. The summed E-state index contributed by atoms with van der Waals surface area (Å²) >= 11 is 0. The van der Waals surface area contributed by atoms with Crippen molar-refractivity contribution in [2.24, 2.45) is 0 Å². The van der Waals surface area contributed by atoms with Crippen LogP contribution in [0.1, 0.15) is 52.6 Å². The first-order valence-electron chi connectivity index (χ1n) is 22.0. The molecule has 0 aliphatic heterocycles. The smallest absolute Gasteiger partial charge is 0.485 e. The minimum absolute atomic E-state index is 0.0250. The maximum atomic E-state index is 14.5. The van der Waals surface area contributed by atoms with Gasteiger partial charge in [-0.05, 0) is 64.8 Å². The molecule has 0 saturated heterocycles. The van der Waals surface area contributed by atoms with Crippen LogP contribution in [0.5, 0.6) is 11.5 Å². The number of hydrogen-bond acceptors (Lipinski definition) is 11. The molecule has 0 heterocycles. The Balaban J connectivity index is 1.26. The van der Waals surface area contributed by atoms with E-state index in [1.165, 1.54) is 6.07 Å². The van der Waals surface area contributed by atoms with Crippen LogP contribution in [0.3, 0.4) is 0 Å². The summed E-state index contributed by atoms with van der Waals surface area (Å²) in [5.74, 6) is -1.31. The third kappa shape index (κ3) is 17.4. The van der Waals surface area contributed by atoms with Gasteiger partial charge in [0.15, 0.2) is 11.5 Å². The Hall–Kier alpha value is -7.45. The fraction of sp³-hybridized carbons (Fsp3) is 0.231. The molecule has 0 aliphatic carbocycles. The summed E-state index contributed by atoms with van der Waals surface area (Å²) in [5, 5.41) is 16.7. The van der Waals surface area contributed by atoms with Gasteiger partial charge >= 0.3 is 26.0 Å². The van der Waals surface area contributed by atoms with Crippen molar-refractivity contribution >= 4 is 31.9 Å². The number of hydrogen-bond donors (Lipinski definition) is 4. The van der Waals surface area contributed by atoms with Crippen LogP contribution in [0, 0.1) is 0 Å². The zero-order valence-electron chi connectivity index (χ0n) is 37.3. The molecule has 0 fully saturated rings. The van der Waals surface area contributed by atoms with E-state index < -0.39 is 44.0 Å². The van der Waals surface area contributed by atoms with Gasteiger partial charge in [0.1, 0.15) is 31.9 Å². The minimum Gasteiger partial charge on any atom is -0.485 e. The molecule has 0 aromatic heterocycles. The molecule has 0 bridgehead atoms. The maximum absolute atomic E-state index is 14.5. The summed E-state index contributed by atoms with van der Waals surface area (Å²) in [6.07, 6.45) is -1.40. The highest BCUT2D eigenvalue weighted by Crippen LogP contribution is 2.53. The van der Waals surface area contributed by atoms with Gasteiger partial charge in [-0.2, -0.15) is 0 Å². The molecular weight excluding hydrogens is 890 g/mol. The van der Waals surface area contributed by atoms with Crippen molar-refractivity contribution in [3.05, 3.63) is 203 Å². The average molecular weight is 944 g/mol. The zero-order chi connectivity index (χ0) is 47.8. The molecule has 0 radical (unpaired) electrons. The van der Waals surface area contributed by atoms with E-state index in [9.17, 15) is 23.7 Å². The van der Waals surface area contributed by atoms with Crippen molar-refractivity contribution in [1.29, 1.82) is 0 Å². The van der Waals surface area contributed by atoms with Crippen molar-refractivity contribution in [3.8, 4) is 11.5 Å². The number of nitrogens with one attached hydrogen (secondary N) is 3. The zero-order valence-corrected chi connectivity index (χ0v) is 38.2. The summed E-state index contributed by atoms with van der Waals surface area (Å²) in [6, 6.07) is 48.0. The summed E-state index contributed by atoms with van der Waals surface area (Å²) in [6.45, 7) is -0.112. The van der Waals surface area contributed by atoms with Crippen LogP contribution in [0.15, 0.2) is 170 Å². The predicted molar refractivity (Wildman–Crippen MR) is 253 cm³/mol. The second kappa shape index (κ2) is 26.6. The van der Waals surface area contributed by atoms with Crippen LogP contribution < -0.4 is 25.2 Å². The highest BCUT2D eigenvalue weighted by molar-refractivity contribution is 7.48. The molecule has 6 aromatic carbocycles. The molecule has 15 nitrogen and oxygen atoms in total. The van der Waals surface area contributed by atoms with Crippen LogP contribution in [-0.4, -0.2) is 47.8 Å². The lowest BCUT2D eigenvalue weighted by Crippen LogP contribution is -2.52. The SMILES string of the molecule is O=C(O)NCCCC[C@H](NC(=O)OCc1ccccc1)C(=O)N[C@@H](Cc1ccc(OP(=O)(OCc2ccccc2)OCc2ccccc2)c(OCc2ccccc2)c1)C(=O)OCc1ccccc1. The van der Waals surface area contributed by atoms with Crippen molar-refractivity contribution in [1.82, 2.24) is 16.0 Å². The molecule has 3 amide bonds. The van der Waals surface area contributed by atoms with Gasteiger partial charge < -0.3 is 39.8 Å². The third-order valence-corrected chi connectivity index (χ3v) is 11.5. The molecule has 2 atom stereocenters. The number of phosphoric acid groups is 1. The Morgan fingerprint density at radius 1 is 0.515 bits per heavy atom. The number of esters is 1. The van der Waals surface area contributed by atoms with Crippen molar-refractivity contribution in [2.45, 2.75) is 70.8 Å². The normalized spacial score (nSPS) is 11.9. The third-order valence-electron chi connectivity index (χ3n) is 10.2. The van der Waals surface area contributed by atoms with Gasteiger partial charge in [-0.3, -0.25) is 13.8 Å². The first-order valence-corrected chi connectivity index (χ1v) is 23.5. The highest BCUT2D eigenvalue weighted by Gasteiger charge is 2.32. The molecular formula is C52H54N3O12P. The molecule has 0 saturated carbocycles. The van der Waals surface area contributed by atoms with Gasteiger partial charge in [-0.15, -0.1) is 0 Å². The lowest BCUT2D eigenvalue weighted by molar-refractivity contribution is -0.149. The number of rotatable bonds is 26. The van der Waals surface area contributed by atoms with E-state index in [1.807, 2.05) is 103 Å². The summed E-state index contributed by atoms with van der Waals surface area (Å²) in [4.78, 5) is 52.3. The molecule has 0 spiro atoms. The maximum Gasteiger partial charge on any atom is 0.530 e. The number of amides is 3. The van der Waals surface area contributed by atoms with Gasteiger partial charge in [-0.1, -0.05) is 158 Å². The Kier molecular flexibility index (Phi) is 19.6. The molecule has 0 aliphatic rings. The van der Waals surface area contributed by atoms with Gasteiger partial charge in [0.05, 0.1) is 13.2 Å². The van der Waals surface area contributed by atoms with E-state index >= 15 is 0 Å². The topological polar surface area (TPSA) is 197 Å². The number of carbonyl (C=O) groups excluding carboxylic acids is 3. The molecule has 16 heteroatoms. The molecule has 0 unspecified atom stereocenters. The fourth-order valence-electron chi connectivity index (χ4n) is 6.64. The number of carbonyl (C=O) groups is 4. The number of phosphoric ester groups is 1. The number of unbranched alkanes of at least 4 members (excludes halogenated alkanes) is 1. The van der Waals surface area contributed by atoms with Crippen LogP contribution in [0.25, 0.3) is 0 Å².